The number of rotatable bonds is 10. The van der Waals surface area contributed by atoms with Crippen LogP contribution in [0.2, 0.25) is 0 Å². The van der Waals surface area contributed by atoms with E-state index >= 15 is 0 Å². The molecule has 0 unspecified atom stereocenters. The fraction of sp³-hybridized carbons (Fsp3) is 0. The van der Waals surface area contributed by atoms with E-state index in [1.807, 2.05) is 12.1 Å². The first-order valence-electron chi connectivity index (χ1n) is 21.6. The van der Waals surface area contributed by atoms with Crippen LogP contribution in [0.1, 0.15) is 0 Å². The molecule has 3 heterocycles. The predicted molar refractivity (Wildman–Crippen MR) is 267 cm³/mol. The van der Waals surface area contributed by atoms with Crippen LogP contribution in [0.3, 0.4) is 0 Å². The van der Waals surface area contributed by atoms with E-state index in [9.17, 15) is 0 Å². The summed E-state index contributed by atoms with van der Waals surface area (Å²) in [5.41, 5.74) is 5.66. The Balaban J connectivity index is 1.33. The van der Waals surface area contributed by atoms with Gasteiger partial charge in [-0.2, -0.15) is 0 Å². The number of hydrogen-bond donors (Lipinski definition) is 0. The van der Waals surface area contributed by atoms with Crippen molar-refractivity contribution in [3.05, 3.63) is 255 Å². The van der Waals surface area contributed by atoms with E-state index in [4.69, 9.17) is 19.9 Å². The van der Waals surface area contributed by atoms with Crippen LogP contribution in [-0.4, -0.2) is 36.7 Å². The molecule has 1 saturated heterocycles. The smallest absolute Gasteiger partial charge is 0.320 e. The fourth-order valence-electron chi connectivity index (χ4n) is 9.38. The van der Waals surface area contributed by atoms with Gasteiger partial charge < -0.3 is 8.46 Å². The average molecular weight is 855 g/mol. The molecule has 0 atom stereocenters. The molecule has 0 amide bonds. The van der Waals surface area contributed by atoms with E-state index in [0.29, 0.717) is 11.6 Å². The molecule has 2 aromatic heterocycles. The average Bonchev–Trinajstić information content (AvgIpc) is 3.38. The lowest BCUT2D eigenvalue weighted by atomic mass is 10.1. The van der Waals surface area contributed by atoms with Gasteiger partial charge in [-0.25, -0.2) is 19.9 Å². The van der Waals surface area contributed by atoms with Crippen LogP contribution in [0, 0.1) is 0 Å². The highest BCUT2D eigenvalue weighted by Crippen LogP contribution is 2.46. The molecule has 10 aromatic rings. The van der Waals surface area contributed by atoms with Gasteiger partial charge in [0.25, 0.3) is 0 Å². The lowest BCUT2D eigenvalue weighted by Crippen LogP contribution is -3.07. The first-order valence-corrected chi connectivity index (χ1v) is 25.4. The highest BCUT2D eigenvalue weighted by Gasteiger charge is 2.76. The molecule has 1 aliphatic heterocycles. The van der Waals surface area contributed by atoms with Crippen molar-refractivity contribution in [1.82, 2.24) is 19.9 Å². The van der Waals surface area contributed by atoms with E-state index in [1.165, 1.54) is 20.7 Å². The Hall–Kier alpha value is -8.05. The number of benzene rings is 8. The van der Waals surface area contributed by atoms with Gasteiger partial charge in [0, 0.05) is 34.4 Å². The van der Waals surface area contributed by atoms with Gasteiger partial charge in [0.15, 0.2) is 11.6 Å². The van der Waals surface area contributed by atoms with Gasteiger partial charge in [0.05, 0.1) is 11.4 Å². The number of anilines is 2. The predicted octanol–water partition coefficient (Wildman–Crippen LogP) is 9.77. The summed E-state index contributed by atoms with van der Waals surface area (Å²) in [4.78, 5) is 22.1. The molecular formula is C56H42N6Si2. The molecule has 11 rings (SSSR count). The first kappa shape index (κ1) is 38.8. The maximum Gasteiger partial charge on any atom is 0.320 e. The highest BCUT2D eigenvalue weighted by atomic mass is 28.5. The van der Waals surface area contributed by atoms with Crippen LogP contribution in [0.25, 0.3) is 45.3 Å². The summed E-state index contributed by atoms with van der Waals surface area (Å²) in [6.45, 7) is 0. The minimum Gasteiger partial charge on any atom is -0.363 e. The Labute approximate surface area is 375 Å². The summed E-state index contributed by atoms with van der Waals surface area (Å²) in [5, 5.41) is 4.83. The van der Waals surface area contributed by atoms with Crippen molar-refractivity contribution < 1.29 is 0 Å². The van der Waals surface area contributed by atoms with Gasteiger partial charge >= 0.3 is 16.8 Å². The van der Waals surface area contributed by atoms with Crippen LogP contribution in [-0.2, 0) is 0 Å². The van der Waals surface area contributed by atoms with Crippen molar-refractivity contribution in [2.24, 2.45) is 0 Å². The summed E-state index contributed by atoms with van der Waals surface area (Å²) in [6, 6.07) is 90.4. The summed E-state index contributed by atoms with van der Waals surface area (Å²) in [5.74, 6) is 3.07. The van der Waals surface area contributed by atoms with Crippen molar-refractivity contribution in [1.29, 1.82) is 0 Å². The molecule has 8 heteroatoms. The second-order valence-electron chi connectivity index (χ2n) is 15.8. The summed E-state index contributed by atoms with van der Waals surface area (Å²) < 4.78 is 5.59. The molecule has 304 valence electrons. The minimum absolute atomic E-state index is 0.670. The standard InChI is InChI=1S/C56H42N6Si2/c1-9-25-43(26-10-1)51-41-53(59-55(57-51)45-29-13-3-14-30-45)61-63(47-33-17-5-18-34-47,48-35-19-6-20-36-48)62(64(61,49-37-21-7-22-38-49)50-39-23-8-24-40-50)54-42-52(44-27-11-2-12-28-44)58-56(60-54)46-31-15-4-16-32-46/h1-42H. The minimum atomic E-state index is -3.48. The summed E-state index contributed by atoms with van der Waals surface area (Å²) in [7, 11) is -6.97. The third-order valence-corrected chi connectivity index (χ3v) is 24.0. The number of nitrogens with zero attached hydrogens (tertiary/aromatic N) is 6. The normalized spacial score (nSPS) is 13.8. The molecule has 0 aliphatic carbocycles. The fourth-order valence-corrected chi connectivity index (χ4v) is 24.3. The van der Waals surface area contributed by atoms with Crippen LogP contribution in [0.5, 0.6) is 0 Å². The van der Waals surface area contributed by atoms with Gasteiger partial charge in [0.1, 0.15) is 11.6 Å². The molecule has 64 heavy (non-hydrogen) atoms. The van der Waals surface area contributed by atoms with Crippen molar-refractivity contribution in [3.8, 4) is 45.3 Å². The Morgan fingerprint density at radius 1 is 0.250 bits per heavy atom. The maximum atomic E-state index is 5.73. The van der Waals surface area contributed by atoms with Crippen molar-refractivity contribution in [2.45, 2.75) is 0 Å². The Bertz CT molecular complexity index is 2730. The monoisotopic (exact) mass is 854 g/mol. The lowest BCUT2D eigenvalue weighted by molar-refractivity contribution is 1.08. The zero-order valence-electron chi connectivity index (χ0n) is 34.9. The van der Waals surface area contributed by atoms with E-state index in [-0.39, 0.29) is 0 Å². The van der Waals surface area contributed by atoms with Gasteiger partial charge in [-0.05, 0) is 20.7 Å². The largest absolute Gasteiger partial charge is 0.363 e. The Kier molecular flexibility index (Phi) is 10.1. The molecule has 0 spiro atoms. The lowest BCUT2D eigenvalue weighted by Gasteiger charge is -2.71. The molecule has 6 nitrogen and oxygen atoms in total. The molecule has 0 N–H and O–H groups in total. The van der Waals surface area contributed by atoms with Crippen LogP contribution < -0.4 is 29.2 Å². The molecule has 1 fully saturated rings. The molecular weight excluding hydrogens is 813 g/mol. The van der Waals surface area contributed by atoms with Crippen LogP contribution >= 0.6 is 0 Å². The summed E-state index contributed by atoms with van der Waals surface area (Å²) >= 11 is 0. The van der Waals surface area contributed by atoms with E-state index < -0.39 is 16.8 Å². The molecule has 0 saturated carbocycles. The zero-order chi connectivity index (χ0) is 42.8. The zero-order valence-corrected chi connectivity index (χ0v) is 36.9. The second-order valence-corrected chi connectivity index (χ2v) is 23.5. The number of hydrogen-bond acceptors (Lipinski definition) is 6. The quantitative estimate of drug-likeness (QED) is 0.128. The molecule has 0 bridgehead atoms. The third kappa shape index (κ3) is 6.55. The molecule has 1 aliphatic rings. The van der Waals surface area contributed by atoms with Gasteiger partial charge in [0.2, 0.25) is 0 Å². The van der Waals surface area contributed by atoms with Gasteiger partial charge in [-0.1, -0.05) is 243 Å². The number of aromatic nitrogens is 4. The molecule has 0 radical (unpaired) electrons. The highest BCUT2D eigenvalue weighted by molar-refractivity contribution is 7.38. The van der Waals surface area contributed by atoms with Gasteiger partial charge in [-0.3, -0.25) is 0 Å². The van der Waals surface area contributed by atoms with E-state index in [1.54, 1.807) is 0 Å². The van der Waals surface area contributed by atoms with Gasteiger partial charge in [-0.15, -0.1) is 0 Å². The first-order chi connectivity index (χ1) is 31.7. The van der Waals surface area contributed by atoms with Crippen molar-refractivity contribution in [3.63, 3.8) is 0 Å². The topological polar surface area (TPSA) is 58.0 Å². The van der Waals surface area contributed by atoms with Crippen molar-refractivity contribution in [2.75, 3.05) is 8.46 Å². The van der Waals surface area contributed by atoms with Crippen molar-refractivity contribution >= 4 is 49.2 Å². The Morgan fingerprint density at radius 2 is 0.484 bits per heavy atom. The Morgan fingerprint density at radius 3 is 0.750 bits per heavy atom. The van der Waals surface area contributed by atoms with E-state index in [0.717, 1.165) is 45.3 Å². The van der Waals surface area contributed by atoms with Crippen LogP contribution in [0.15, 0.2) is 255 Å². The SMILES string of the molecule is c1ccc(-c2cc(N3[Si](c4ccccc4)(c4ccccc4)N(c4cc(-c5ccccc5)nc(-c5ccccc5)n4)[Si]3(c3ccccc3)c3ccccc3)nc(-c3ccccc3)n2)cc1. The van der Waals surface area contributed by atoms with Crippen LogP contribution in [0.4, 0.5) is 11.6 Å². The van der Waals surface area contributed by atoms with E-state index in [2.05, 4.69) is 251 Å². The summed E-state index contributed by atoms with van der Waals surface area (Å²) in [6.07, 6.45) is 0. The molecule has 8 aromatic carbocycles. The maximum absolute atomic E-state index is 5.73. The third-order valence-electron chi connectivity index (χ3n) is 12.1. The second kappa shape index (κ2) is 16.7.